The fraction of sp³-hybridized carbons (Fsp3) is 0.708. The largest absolute Gasteiger partial charge is 0.381 e. The van der Waals surface area contributed by atoms with Gasteiger partial charge in [0, 0.05) is 32.8 Å². The van der Waals surface area contributed by atoms with Gasteiger partial charge in [0.1, 0.15) is 0 Å². The van der Waals surface area contributed by atoms with Gasteiger partial charge in [0.2, 0.25) is 0 Å². The molecule has 1 aromatic carbocycles. The average Bonchev–Trinajstić information content (AvgIpc) is 2.79. The summed E-state index contributed by atoms with van der Waals surface area (Å²) in [7, 11) is 1.83. The number of guanidine groups is 1. The monoisotopic (exact) mass is 546 g/mol. The van der Waals surface area contributed by atoms with Crippen LogP contribution in [0.15, 0.2) is 29.3 Å². The SMILES string of the molecule is CCN(CC)CCCC(C)NC(=NC)NCc1ccc(COC2CCOCC2)cc1.I. The van der Waals surface area contributed by atoms with Gasteiger partial charge in [-0.2, -0.15) is 0 Å². The molecule has 0 aliphatic carbocycles. The Morgan fingerprint density at radius 3 is 2.42 bits per heavy atom. The number of hydrogen-bond acceptors (Lipinski definition) is 4. The Labute approximate surface area is 206 Å². The summed E-state index contributed by atoms with van der Waals surface area (Å²) in [5.74, 6) is 0.859. The van der Waals surface area contributed by atoms with E-state index >= 15 is 0 Å². The lowest BCUT2D eigenvalue weighted by atomic mass is 10.1. The number of hydrogen-bond donors (Lipinski definition) is 2. The first kappa shape index (κ1) is 28.1. The van der Waals surface area contributed by atoms with Gasteiger partial charge in [-0.25, -0.2) is 0 Å². The summed E-state index contributed by atoms with van der Waals surface area (Å²) in [6, 6.07) is 9.04. The lowest BCUT2D eigenvalue weighted by Gasteiger charge is -2.22. The molecule has 2 rings (SSSR count). The molecule has 1 unspecified atom stereocenters. The third kappa shape index (κ3) is 11.5. The average molecular weight is 547 g/mol. The smallest absolute Gasteiger partial charge is 0.191 e. The Morgan fingerprint density at radius 1 is 1.16 bits per heavy atom. The number of ether oxygens (including phenoxy) is 2. The van der Waals surface area contributed by atoms with E-state index in [0.717, 1.165) is 64.6 Å². The standard InChI is InChI=1S/C24H42N4O2.HI/c1-5-28(6-2)15-7-8-20(3)27-24(25-4)26-18-21-9-11-22(12-10-21)19-30-23-13-16-29-17-14-23;/h9-12,20,23H,5-8,13-19H2,1-4H3,(H2,25,26,27);1H. The molecule has 1 aliphatic rings. The minimum atomic E-state index is 0. The van der Waals surface area contributed by atoms with Gasteiger partial charge in [0.15, 0.2) is 5.96 Å². The van der Waals surface area contributed by atoms with Crippen LogP contribution < -0.4 is 10.6 Å². The number of rotatable bonds is 12. The van der Waals surface area contributed by atoms with Crippen molar-refractivity contribution in [3.05, 3.63) is 35.4 Å². The molecular weight excluding hydrogens is 503 g/mol. The molecule has 0 bridgehead atoms. The van der Waals surface area contributed by atoms with E-state index in [9.17, 15) is 0 Å². The van der Waals surface area contributed by atoms with Crippen molar-refractivity contribution in [3.63, 3.8) is 0 Å². The molecule has 6 nitrogen and oxygen atoms in total. The molecule has 0 saturated carbocycles. The second-order valence-electron chi connectivity index (χ2n) is 8.08. The minimum Gasteiger partial charge on any atom is -0.381 e. The number of aliphatic imine (C=N–C) groups is 1. The van der Waals surface area contributed by atoms with Crippen LogP contribution in [0.3, 0.4) is 0 Å². The molecule has 2 N–H and O–H groups in total. The van der Waals surface area contributed by atoms with Crippen molar-refractivity contribution in [1.29, 1.82) is 0 Å². The molecule has 0 spiro atoms. The normalized spacial score (nSPS) is 16.1. The molecule has 0 amide bonds. The first-order valence-electron chi connectivity index (χ1n) is 11.6. The molecular formula is C24H43IN4O2. The molecule has 7 heteroatoms. The van der Waals surface area contributed by atoms with Gasteiger partial charge in [-0.1, -0.05) is 38.1 Å². The van der Waals surface area contributed by atoms with Crippen LogP contribution in [-0.4, -0.2) is 62.9 Å². The Balaban J connectivity index is 0.00000480. The third-order valence-corrected chi connectivity index (χ3v) is 5.75. The van der Waals surface area contributed by atoms with Gasteiger partial charge in [0.05, 0.1) is 12.7 Å². The zero-order valence-electron chi connectivity index (χ0n) is 19.9. The highest BCUT2D eigenvalue weighted by atomic mass is 127. The summed E-state index contributed by atoms with van der Waals surface area (Å²) < 4.78 is 11.4. The highest BCUT2D eigenvalue weighted by molar-refractivity contribution is 14.0. The molecule has 0 radical (unpaired) electrons. The maximum Gasteiger partial charge on any atom is 0.191 e. The second-order valence-corrected chi connectivity index (χ2v) is 8.08. The molecule has 0 aromatic heterocycles. The maximum atomic E-state index is 6.00. The summed E-state index contributed by atoms with van der Waals surface area (Å²) in [6.07, 6.45) is 4.68. The Hall–Kier alpha value is -0.900. The van der Waals surface area contributed by atoms with Gasteiger partial charge in [-0.15, -0.1) is 24.0 Å². The Kier molecular flexibility index (Phi) is 15.2. The summed E-state index contributed by atoms with van der Waals surface area (Å²) in [4.78, 5) is 6.84. The van der Waals surface area contributed by atoms with E-state index in [1.165, 1.54) is 17.5 Å². The van der Waals surface area contributed by atoms with Crippen molar-refractivity contribution in [3.8, 4) is 0 Å². The van der Waals surface area contributed by atoms with Gasteiger partial charge in [0.25, 0.3) is 0 Å². The third-order valence-electron chi connectivity index (χ3n) is 5.75. The van der Waals surface area contributed by atoms with E-state index in [4.69, 9.17) is 9.47 Å². The summed E-state index contributed by atoms with van der Waals surface area (Å²) in [6.45, 7) is 13.2. The maximum absolute atomic E-state index is 6.00. The quantitative estimate of drug-likeness (QED) is 0.234. The zero-order valence-corrected chi connectivity index (χ0v) is 22.2. The molecule has 31 heavy (non-hydrogen) atoms. The van der Waals surface area contributed by atoms with E-state index in [2.05, 4.69) is 65.6 Å². The topological polar surface area (TPSA) is 58.1 Å². The van der Waals surface area contributed by atoms with Crippen molar-refractivity contribution >= 4 is 29.9 Å². The molecule has 1 saturated heterocycles. The summed E-state index contributed by atoms with van der Waals surface area (Å²) in [5.41, 5.74) is 2.46. The number of nitrogens with zero attached hydrogens (tertiary/aromatic N) is 2. The van der Waals surface area contributed by atoms with Gasteiger partial charge in [-0.3, -0.25) is 4.99 Å². The van der Waals surface area contributed by atoms with E-state index in [1.807, 2.05) is 7.05 Å². The van der Waals surface area contributed by atoms with Crippen LogP contribution >= 0.6 is 24.0 Å². The predicted molar refractivity (Wildman–Crippen MR) is 140 cm³/mol. The van der Waals surface area contributed by atoms with Crippen LogP contribution in [0.5, 0.6) is 0 Å². The van der Waals surface area contributed by atoms with E-state index in [1.54, 1.807) is 0 Å². The van der Waals surface area contributed by atoms with Crippen LogP contribution in [0.25, 0.3) is 0 Å². The van der Waals surface area contributed by atoms with Crippen molar-refractivity contribution in [2.45, 2.75) is 71.8 Å². The van der Waals surface area contributed by atoms with Crippen molar-refractivity contribution in [2.75, 3.05) is 39.9 Å². The van der Waals surface area contributed by atoms with Crippen molar-refractivity contribution in [2.24, 2.45) is 4.99 Å². The Bertz CT molecular complexity index is 602. The zero-order chi connectivity index (χ0) is 21.6. The number of halogens is 1. The van der Waals surface area contributed by atoms with E-state index < -0.39 is 0 Å². The summed E-state index contributed by atoms with van der Waals surface area (Å²) >= 11 is 0. The van der Waals surface area contributed by atoms with Gasteiger partial charge in [-0.05, 0) is 63.4 Å². The van der Waals surface area contributed by atoms with Gasteiger partial charge < -0.3 is 25.0 Å². The molecule has 178 valence electrons. The fourth-order valence-corrected chi connectivity index (χ4v) is 3.66. The molecule has 1 fully saturated rings. The first-order valence-corrected chi connectivity index (χ1v) is 11.6. The van der Waals surface area contributed by atoms with Crippen LogP contribution in [-0.2, 0) is 22.6 Å². The molecule has 1 atom stereocenters. The highest BCUT2D eigenvalue weighted by Gasteiger charge is 2.14. The number of benzene rings is 1. The lowest BCUT2D eigenvalue weighted by Crippen LogP contribution is -2.42. The van der Waals surface area contributed by atoms with E-state index in [0.29, 0.717) is 18.8 Å². The van der Waals surface area contributed by atoms with E-state index in [-0.39, 0.29) is 24.0 Å². The van der Waals surface area contributed by atoms with Crippen LogP contribution in [0.1, 0.15) is 57.6 Å². The fourth-order valence-electron chi connectivity index (χ4n) is 3.66. The van der Waals surface area contributed by atoms with Crippen molar-refractivity contribution in [1.82, 2.24) is 15.5 Å². The van der Waals surface area contributed by atoms with Gasteiger partial charge >= 0.3 is 0 Å². The van der Waals surface area contributed by atoms with Crippen LogP contribution in [0.2, 0.25) is 0 Å². The lowest BCUT2D eigenvalue weighted by molar-refractivity contribution is -0.0390. The highest BCUT2D eigenvalue weighted by Crippen LogP contribution is 2.14. The minimum absolute atomic E-state index is 0. The van der Waals surface area contributed by atoms with Crippen LogP contribution in [0, 0.1) is 0 Å². The second kappa shape index (κ2) is 16.7. The molecule has 1 aromatic rings. The molecule has 1 aliphatic heterocycles. The van der Waals surface area contributed by atoms with Crippen molar-refractivity contribution < 1.29 is 9.47 Å². The Morgan fingerprint density at radius 2 is 1.81 bits per heavy atom. The van der Waals surface area contributed by atoms with Crippen LogP contribution in [0.4, 0.5) is 0 Å². The first-order chi connectivity index (χ1) is 14.6. The number of nitrogens with one attached hydrogen (secondary N) is 2. The predicted octanol–water partition coefficient (Wildman–Crippen LogP) is 4.18. The summed E-state index contributed by atoms with van der Waals surface area (Å²) in [5, 5.41) is 6.93. The molecule has 1 heterocycles.